The normalized spacial score (nSPS) is 24.9. The molecular formula is C11H17BrF3NO2. The largest absolute Gasteiger partial charge is 0.411 e. The van der Waals surface area contributed by atoms with Crippen molar-refractivity contribution >= 4 is 21.8 Å². The Hall–Kier alpha value is -0.300. The third-order valence-electron chi connectivity index (χ3n) is 2.86. The standard InChI is InChI=1S/C11H17BrF3NO2/c12-9-3-1-8(2-4-9)5-16-10(17)6-18-7-11(13,14)15/h8-9H,1-7H2,(H,16,17). The zero-order chi connectivity index (χ0) is 13.6. The first kappa shape index (κ1) is 15.8. The Bertz CT molecular complexity index is 266. The number of amides is 1. The summed E-state index contributed by atoms with van der Waals surface area (Å²) in [6.45, 7) is -1.39. The van der Waals surface area contributed by atoms with E-state index in [0.29, 0.717) is 17.3 Å². The van der Waals surface area contributed by atoms with E-state index < -0.39 is 25.3 Å². The minimum absolute atomic E-state index is 0.422. The molecule has 106 valence electrons. The van der Waals surface area contributed by atoms with E-state index in [1.54, 1.807) is 0 Å². The molecule has 1 aliphatic rings. The van der Waals surface area contributed by atoms with Gasteiger partial charge in [-0.15, -0.1) is 0 Å². The first-order valence-electron chi connectivity index (χ1n) is 5.92. The van der Waals surface area contributed by atoms with Gasteiger partial charge in [0.25, 0.3) is 0 Å². The molecular weight excluding hydrogens is 315 g/mol. The molecule has 3 nitrogen and oxygen atoms in total. The molecule has 1 fully saturated rings. The Kier molecular flexibility index (Phi) is 6.42. The highest BCUT2D eigenvalue weighted by atomic mass is 79.9. The second-order valence-electron chi connectivity index (χ2n) is 4.53. The molecule has 0 bridgehead atoms. The molecule has 0 heterocycles. The van der Waals surface area contributed by atoms with Crippen LogP contribution in [0.15, 0.2) is 0 Å². The lowest BCUT2D eigenvalue weighted by Gasteiger charge is -2.25. The lowest BCUT2D eigenvalue weighted by molar-refractivity contribution is -0.175. The Labute approximate surface area is 113 Å². The van der Waals surface area contributed by atoms with Crippen LogP contribution in [0.5, 0.6) is 0 Å². The van der Waals surface area contributed by atoms with Gasteiger partial charge in [-0.3, -0.25) is 4.79 Å². The molecule has 7 heteroatoms. The minimum atomic E-state index is -4.38. The summed E-state index contributed by atoms with van der Waals surface area (Å²) in [5.41, 5.74) is 0. The van der Waals surface area contributed by atoms with Gasteiger partial charge in [0, 0.05) is 11.4 Å². The summed E-state index contributed by atoms with van der Waals surface area (Å²) in [6.07, 6.45) is -0.177. The third-order valence-corrected chi connectivity index (χ3v) is 3.78. The van der Waals surface area contributed by atoms with Gasteiger partial charge in [0.2, 0.25) is 5.91 Å². The molecule has 1 saturated carbocycles. The number of carbonyl (C=O) groups excluding carboxylic acids is 1. The fourth-order valence-electron chi connectivity index (χ4n) is 1.89. The average molecular weight is 332 g/mol. The lowest BCUT2D eigenvalue weighted by Crippen LogP contribution is -2.34. The van der Waals surface area contributed by atoms with Gasteiger partial charge >= 0.3 is 6.18 Å². The predicted molar refractivity (Wildman–Crippen MR) is 64.6 cm³/mol. The van der Waals surface area contributed by atoms with Gasteiger partial charge in [-0.25, -0.2) is 0 Å². The van der Waals surface area contributed by atoms with Gasteiger partial charge in [0.1, 0.15) is 13.2 Å². The van der Waals surface area contributed by atoms with Crippen molar-refractivity contribution in [1.82, 2.24) is 5.32 Å². The molecule has 0 aromatic carbocycles. The van der Waals surface area contributed by atoms with Gasteiger partial charge in [0.15, 0.2) is 0 Å². The number of nitrogens with one attached hydrogen (secondary N) is 1. The van der Waals surface area contributed by atoms with Gasteiger partial charge in [-0.05, 0) is 31.6 Å². The molecule has 0 saturated heterocycles. The summed E-state index contributed by atoms with van der Waals surface area (Å²) in [5.74, 6) is -0.0643. The van der Waals surface area contributed by atoms with Crippen LogP contribution >= 0.6 is 15.9 Å². The van der Waals surface area contributed by atoms with Crippen molar-refractivity contribution < 1.29 is 22.7 Å². The Morgan fingerprint density at radius 2 is 1.89 bits per heavy atom. The molecule has 0 radical (unpaired) electrons. The zero-order valence-electron chi connectivity index (χ0n) is 9.93. The highest BCUT2D eigenvalue weighted by Crippen LogP contribution is 2.28. The van der Waals surface area contributed by atoms with E-state index in [0.717, 1.165) is 25.7 Å². The van der Waals surface area contributed by atoms with Crippen LogP contribution in [0, 0.1) is 5.92 Å². The van der Waals surface area contributed by atoms with E-state index in [2.05, 4.69) is 26.0 Å². The lowest BCUT2D eigenvalue weighted by atomic mass is 9.89. The van der Waals surface area contributed by atoms with Crippen molar-refractivity contribution in [3.05, 3.63) is 0 Å². The van der Waals surface area contributed by atoms with Crippen LogP contribution in [0.2, 0.25) is 0 Å². The molecule has 18 heavy (non-hydrogen) atoms. The summed E-state index contributed by atoms with van der Waals surface area (Å²) < 4.78 is 39.5. The summed E-state index contributed by atoms with van der Waals surface area (Å²) in [5, 5.41) is 2.61. The van der Waals surface area contributed by atoms with Crippen LogP contribution < -0.4 is 5.32 Å². The molecule has 1 amide bonds. The van der Waals surface area contributed by atoms with Crippen molar-refractivity contribution in [3.8, 4) is 0 Å². The van der Waals surface area contributed by atoms with Crippen molar-refractivity contribution in [2.75, 3.05) is 19.8 Å². The Morgan fingerprint density at radius 3 is 2.44 bits per heavy atom. The SMILES string of the molecule is O=C(COCC(F)(F)F)NCC1CCC(Br)CC1. The van der Waals surface area contributed by atoms with Crippen LogP contribution in [0.3, 0.4) is 0 Å². The maximum Gasteiger partial charge on any atom is 0.411 e. The monoisotopic (exact) mass is 331 g/mol. The van der Waals surface area contributed by atoms with Gasteiger partial charge in [-0.2, -0.15) is 13.2 Å². The van der Waals surface area contributed by atoms with Crippen molar-refractivity contribution in [2.24, 2.45) is 5.92 Å². The number of alkyl halides is 4. The number of ether oxygens (including phenoxy) is 1. The maximum absolute atomic E-state index is 11.8. The van der Waals surface area contributed by atoms with E-state index in [9.17, 15) is 18.0 Å². The maximum atomic E-state index is 11.8. The number of hydrogen-bond acceptors (Lipinski definition) is 2. The van der Waals surface area contributed by atoms with Gasteiger partial charge < -0.3 is 10.1 Å². The van der Waals surface area contributed by atoms with Crippen LogP contribution in [0.1, 0.15) is 25.7 Å². The molecule has 1 rings (SSSR count). The van der Waals surface area contributed by atoms with Gasteiger partial charge in [0.05, 0.1) is 0 Å². The summed E-state index contributed by atoms with van der Waals surface area (Å²) >= 11 is 3.53. The van der Waals surface area contributed by atoms with Crippen molar-refractivity contribution in [1.29, 1.82) is 0 Å². The molecule has 1 N–H and O–H groups in total. The van der Waals surface area contributed by atoms with Gasteiger partial charge in [-0.1, -0.05) is 15.9 Å². The van der Waals surface area contributed by atoms with Crippen LogP contribution in [0.4, 0.5) is 13.2 Å². The van der Waals surface area contributed by atoms with Crippen LogP contribution in [-0.2, 0) is 9.53 Å². The Balaban J connectivity index is 2.06. The predicted octanol–water partition coefficient (Wildman–Crippen LogP) is 2.64. The first-order chi connectivity index (χ1) is 8.37. The van der Waals surface area contributed by atoms with E-state index in [4.69, 9.17) is 0 Å². The number of carbonyl (C=O) groups is 1. The highest BCUT2D eigenvalue weighted by Gasteiger charge is 2.27. The molecule has 0 aromatic heterocycles. The summed E-state index contributed by atoms with van der Waals surface area (Å²) in [7, 11) is 0. The van der Waals surface area contributed by atoms with E-state index in [-0.39, 0.29) is 0 Å². The molecule has 1 aliphatic carbocycles. The third kappa shape index (κ3) is 7.20. The smallest absolute Gasteiger partial charge is 0.362 e. The van der Waals surface area contributed by atoms with Crippen molar-refractivity contribution in [2.45, 2.75) is 36.7 Å². The molecule has 0 aliphatic heterocycles. The van der Waals surface area contributed by atoms with Crippen LogP contribution in [-0.4, -0.2) is 36.7 Å². The topological polar surface area (TPSA) is 38.3 Å². The average Bonchev–Trinajstić information content (AvgIpc) is 2.26. The number of rotatable bonds is 5. The second kappa shape index (κ2) is 7.33. The van der Waals surface area contributed by atoms with E-state index >= 15 is 0 Å². The number of halogens is 4. The van der Waals surface area contributed by atoms with E-state index in [1.165, 1.54) is 0 Å². The fourth-order valence-corrected chi connectivity index (χ4v) is 2.42. The summed E-state index contributed by atoms with van der Waals surface area (Å²) in [4.78, 5) is 11.8. The molecule has 0 spiro atoms. The number of hydrogen-bond donors (Lipinski definition) is 1. The van der Waals surface area contributed by atoms with Crippen LogP contribution in [0.25, 0.3) is 0 Å². The zero-order valence-corrected chi connectivity index (χ0v) is 11.5. The minimum Gasteiger partial charge on any atom is -0.362 e. The van der Waals surface area contributed by atoms with E-state index in [1.807, 2.05) is 0 Å². The quantitative estimate of drug-likeness (QED) is 0.786. The molecule has 0 atom stereocenters. The second-order valence-corrected chi connectivity index (χ2v) is 5.83. The first-order valence-corrected chi connectivity index (χ1v) is 6.83. The summed E-state index contributed by atoms with van der Waals surface area (Å²) in [6, 6.07) is 0. The molecule has 0 unspecified atom stereocenters. The van der Waals surface area contributed by atoms with Crippen molar-refractivity contribution in [3.63, 3.8) is 0 Å². The Morgan fingerprint density at radius 1 is 1.28 bits per heavy atom. The highest BCUT2D eigenvalue weighted by molar-refractivity contribution is 9.09. The fraction of sp³-hybridized carbons (Fsp3) is 0.909. The molecule has 0 aromatic rings.